The van der Waals surface area contributed by atoms with Crippen LogP contribution in [0.1, 0.15) is 50.6 Å². The van der Waals surface area contributed by atoms with E-state index in [0.717, 1.165) is 47.7 Å². The molecule has 2 aliphatic rings. The van der Waals surface area contributed by atoms with E-state index in [1.54, 1.807) is 6.07 Å². The minimum Gasteiger partial charge on any atom is -0.504 e. The number of likely N-dealkylation sites (tertiary alicyclic amines) is 1. The second-order valence-corrected chi connectivity index (χ2v) is 9.86. The Kier molecular flexibility index (Phi) is 6.67. The topological polar surface area (TPSA) is 82.0 Å². The minimum atomic E-state index is -0.727. The summed E-state index contributed by atoms with van der Waals surface area (Å²) >= 11 is 0. The summed E-state index contributed by atoms with van der Waals surface area (Å²) in [6.07, 6.45) is 4.46. The van der Waals surface area contributed by atoms with Crippen LogP contribution in [0.5, 0.6) is 11.5 Å². The average Bonchev–Trinajstić information content (AvgIpc) is 2.86. The van der Waals surface area contributed by atoms with Gasteiger partial charge in [-0.2, -0.15) is 0 Å². The van der Waals surface area contributed by atoms with Gasteiger partial charge >= 0.3 is 0 Å². The molecule has 1 saturated heterocycles. The lowest BCUT2D eigenvalue weighted by molar-refractivity contribution is -0.135. The van der Waals surface area contributed by atoms with Gasteiger partial charge in [0.2, 0.25) is 5.91 Å². The third-order valence-corrected chi connectivity index (χ3v) is 7.71. The summed E-state index contributed by atoms with van der Waals surface area (Å²) in [7, 11) is 0. The zero-order chi connectivity index (χ0) is 24.4. The number of piperidine rings is 1. The first-order chi connectivity index (χ1) is 17.0. The Bertz CT molecular complexity index is 1210. The number of ether oxygens (including phenoxy) is 1. The number of benzene rings is 3. The number of nitrogens with one attached hydrogen (secondary N) is 1. The first kappa shape index (κ1) is 23.6. The summed E-state index contributed by atoms with van der Waals surface area (Å²) in [6.45, 7) is 3.19. The smallest absolute Gasteiger partial charge is 0.238 e. The van der Waals surface area contributed by atoms with E-state index in [1.807, 2.05) is 61.5 Å². The van der Waals surface area contributed by atoms with Crippen LogP contribution in [0.3, 0.4) is 0 Å². The molecule has 5 rings (SSSR count). The minimum absolute atomic E-state index is 0.0226. The molecule has 3 aromatic rings. The maximum absolute atomic E-state index is 13.3. The molecule has 0 unspecified atom stereocenters. The van der Waals surface area contributed by atoms with E-state index in [0.29, 0.717) is 25.3 Å². The van der Waals surface area contributed by atoms with Crippen molar-refractivity contribution in [2.24, 2.45) is 5.92 Å². The number of rotatable bonds is 6. The summed E-state index contributed by atoms with van der Waals surface area (Å²) in [5.74, 6) is 0.492. The van der Waals surface area contributed by atoms with Gasteiger partial charge in [-0.1, -0.05) is 55.3 Å². The highest BCUT2D eigenvalue weighted by molar-refractivity contribution is 6.02. The average molecular weight is 475 g/mol. The van der Waals surface area contributed by atoms with E-state index < -0.39 is 5.60 Å². The number of hydrogen-bond donors (Lipinski definition) is 3. The number of aliphatic hydroxyl groups is 1. The fraction of sp³-hybridized carbons (Fsp3) is 0.414. The highest BCUT2D eigenvalue weighted by Gasteiger charge is 2.49. The quantitative estimate of drug-likeness (QED) is 0.455. The molecular formula is C29H34N2O4. The van der Waals surface area contributed by atoms with Gasteiger partial charge in [0.15, 0.2) is 11.5 Å². The van der Waals surface area contributed by atoms with Gasteiger partial charge in [-0.05, 0) is 55.3 Å². The molecule has 0 spiro atoms. The number of fused-ring (bicyclic) bond motifs is 2. The lowest BCUT2D eigenvalue weighted by atomic mass is 9.66. The Morgan fingerprint density at radius 1 is 1.11 bits per heavy atom. The van der Waals surface area contributed by atoms with Crippen molar-refractivity contribution in [2.45, 2.75) is 50.7 Å². The molecule has 6 heteroatoms. The van der Waals surface area contributed by atoms with Gasteiger partial charge in [-0.3, -0.25) is 9.69 Å². The van der Waals surface area contributed by atoms with Crippen LogP contribution in [-0.4, -0.2) is 46.3 Å². The molecule has 1 aliphatic carbocycles. The predicted molar refractivity (Wildman–Crippen MR) is 138 cm³/mol. The summed E-state index contributed by atoms with van der Waals surface area (Å²) in [5, 5.41) is 27.0. The van der Waals surface area contributed by atoms with Gasteiger partial charge in [0.25, 0.3) is 0 Å². The molecule has 184 valence electrons. The van der Waals surface area contributed by atoms with E-state index in [9.17, 15) is 15.0 Å². The van der Waals surface area contributed by atoms with Crippen LogP contribution in [0.15, 0.2) is 60.7 Å². The van der Waals surface area contributed by atoms with Crippen LogP contribution < -0.4 is 10.1 Å². The molecule has 2 fully saturated rings. The number of anilines is 1. The van der Waals surface area contributed by atoms with Crippen LogP contribution in [0.2, 0.25) is 0 Å². The second-order valence-electron chi connectivity index (χ2n) is 9.86. The molecular weight excluding hydrogens is 440 g/mol. The van der Waals surface area contributed by atoms with Gasteiger partial charge < -0.3 is 20.3 Å². The van der Waals surface area contributed by atoms with Crippen molar-refractivity contribution in [3.05, 3.63) is 66.2 Å². The van der Waals surface area contributed by atoms with Gasteiger partial charge in [0.05, 0.1) is 18.8 Å². The van der Waals surface area contributed by atoms with Crippen LogP contribution >= 0.6 is 0 Å². The highest BCUT2D eigenvalue weighted by Crippen LogP contribution is 2.50. The standard InChI is InChI=1S/C29H34N2O4/c1-2-35-26-18-21(13-14-25(26)32)28-23-11-5-6-15-29(23,34)16-17-31(28)19-27(33)30-24-12-7-9-20-8-3-4-10-22(20)24/h3-4,7-10,12-14,18,23,28,32,34H,2,5-6,11,15-17,19H2,1H3,(H,30,33)/t23-,28+,29-/m0/s1. The first-order valence-electron chi connectivity index (χ1n) is 12.7. The van der Waals surface area contributed by atoms with Crippen molar-refractivity contribution in [3.8, 4) is 11.5 Å². The fourth-order valence-electron chi connectivity index (χ4n) is 6.06. The van der Waals surface area contributed by atoms with E-state index in [2.05, 4.69) is 10.2 Å². The third-order valence-electron chi connectivity index (χ3n) is 7.71. The molecule has 3 N–H and O–H groups in total. The monoisotopic (exact) mass is 474 g/mol. The predicted octanol–water partition coefficient (Wildman–Crippen LogP) is 5.25. The Morgan fingerprint density at radius 2 is 1.94 bits per heavy atom. The zero-order valence-electron chi connectivity index (χ0n) is 20.2. The summed E-state index contributed by atoms with van der Waals surface area (Å²) in [6, 6.07) is 19.2. The maximum Gasteiger partial charge on any atom is 0.238 e. The van der Waals surface area contributed by atoms with Gasteiger partial charge in [0, 0.05) is 29.6 Å². The summed E-state index contributed by atoms with van der Waals surface area (Å²) < 4.78 is 5.66. The Balaban J connectivity index is 1.43. The van der Waals surface area contributed by atoms with Crippen molar-refractivity contribution in [1.29, 1.82) is 0 Å². The number of carbonyl (C=O) groups excluding carboxylic acids is 1. The Morgan fingerprint density at radius 3 is 2.80 bits per heavy atom. The van der Waals surface area contributed by atoms with Crippen molar-refractivity contribution in [2.75, 3.05) is 25.0 Å². The maximum atomic E-state index is 13.3. The molecule has 6 nitrogen and oxygen atoms in total. The number of nitrogens with zero attached hydrogens (tertiary/aromatic N) is 1. The Labute approximate surface area is 206 Å². The van der Waals surface area contributed by atoms with Crippen molar-refractivity contribution in [3.63, 3.8) is 0 Å². The summed E-state index contributed by atoms with van der Waals surface area (Å²) in [5.41, 5.74) is 1.04. The lowest BCUT2D eigenvalue weighted by Gasteiger charge is -2.52. The van der Waals surface area contributed by atoms with E-state index in [1.165, 1.54) is 0 Å². The second kappa shape index (κ2) is 9.88. The molecule has 1 saturated carbocycles. The lowest BCUT2D eigenvalue weighted by Crippen LogP contribution is -2.56. The molecule has 35 heavy (non-hydrogen) atoms. The largest absolute Gasteiger partial charge is 0.504 e. The normalized spacial score (nSPS) is 24.6. The zero-order valence-corrected chi connectivity index (χ0v) is 20.2. The van der Waals surface area contributed by atoms with Crippen LogP contribution in [-0.2, 0) is 4.79 Å². The molecule has 0 radical (unpaired) electrons. The van der Waals surface area contributed by atoms with E-state index in [-0.39, 0.29) is 30.2 Å². The van der Waals surface area contributed by atoms with Gasteiger partial charge in [-0.15, -0.1) is 0 Å². The van der Waals surface area contributed by atoms with E-state index >= 15 is 0 Å². The van der Waals surface area contributed by atoms with Crippen LogP contribution in [0.25, 0.3) is 10.8 Å². The molecule has 1 aliphatic heterocycles. The van der Waals surface area contributed by atoms with Gasteiger partial charge in [0.1, 0.15) is 0 Å². The number of aromatic hydroxyl groups is 1. The number of hydrogen-bond acceptors (Lipinski definition) is 5. The Hall–Kier alpha value is -3.09. The molecule has 1 heterocycles. The number of phenolic OH excluding ortho intramolecular Hbond substituents is 1. The molecule has 1 amide bonds. The van der Waals surface area contributed by atoms with Crippen molar-refractivity contribution in [1.82, 2.24) is 4.90 Å². The van der Waals surface area contributed by atoms with Crippen LogP contribution in [0.4, 0.5) is 5.69 Å². The van der Waals surface area contributed by atoms with Crippen molar-refractivity contribution < 1.29 is 19.7 Å². The molecule has 3 aromatic carbocycles. The first-order valence-corrected chi connectivity index (χ1v) is 12.7. The highest BCUT2D eigenvalue weighted by atomic mass is 16.5. The van der Waals surface area contributed by atoms with E-state index in [4.69, 9.17) is 4.74 Å². The molecule has 3 atom stereocenters. The molecule has 0 bridgehead atoms. The number of phenols is 1. The fourth-order valence-corrected chi connectivity index (χ4v) is 6.06. The number of amides is 1. The van der Waals surface area contributed by atoms with Crippen LogP contribution in [0, 0.1) is 5.92 Å². The van der Waals surface area contributed by atoms with Gasteiger partial charge in [-0.25, -0.2) is 0 Å². The summed E-state index contributed by atoms with van der Waals surface area (Å²) in [4.78, 5) is 15.5. The SMILES string of the molecule is CCOc1cc([C@@H]2[C@@H]3CCCC[C@]3(O)CCN2CC(=O)Nc2cccc3ccccc23)ccc1O. The number of carbonyl (C=O) groups is 1. The third kappa shape index (κ3) is 4.73. The molecule has 0 aromatic heterocycles. The van der Waals surface area contributed by atoms with Crippen molar-refractivity contribution >= 4 is 22.4 Å².